The molecule has 1 unspecified atom stereocenters. The van der Waals surface area contributed by atoms with Crippen LogP contribution in [0.2, 0.25) is 0 Å². The molecule has 3 rings (SSSR count). The van der Waals surface area contributed by atoms with E-state index in [-0.39, 0.29) is 5.41 Å². The quantitative estimate of drug-likeness (QED) is 0.392. The predicted octanol–water partition coefficient (Wildman–Crippen LogP) is 7.68. The van der Waals surface area contributed by atoms with Crippen molar-refractivity contribution in [3.05, 3.63) is 83.7 Å². The first kappa shape index (κ1) is 21.2. The van der Waals surface area contributed by atoms with Crippen LogP contribution < -0.4 is 4.74 Å². The molecule has 0 spiro atoms. The van der Waals surface area contributed by atoms with Gasteiger partial charge in [-0.05, 0) is 41.7 Å². The normalized spacial score (nSPS) is 18.7. The van der Waals surface area contributed by atoms with Crippen LogP contribution in [0.15, 0.2) is 66.8 Å². The highest BCUT2D eigenvalue weighted by molar-refractivity contribution is 5.75. The molecule has 0 amide bonds. The molecule has 0 heterocycles. The minimum Gasteiger partial charge on any atom is -0.432 e. The van der Waals surface area contributed by atoms with Crippen LogP contribution in [-0.2, 0) is 5.41 Å². The predicted molar refractivity (Wildman–Crippen MR) is 112 cm³/mol. The Morgan fingerprint density at radius 3 is 2.45 bits per heavy atom. The molecule has 2 aromatic rings. The van der Waals surface area contributed by atoms with Crippen LogP contribution in [0.4, 0.5) is 13.2 Å². The van der Waals surface area contributed by atoms with E-state index < -0.39 is 18.2 Å². The standard InChI is InChI=1S/C25H27F3O/c1-2-3-4-8-15-25(21-11-12-23(22(26)18-21)29-24(27)28)16-13-20(14-17-25)19-9-6-5-7-10-19/h5-7,9-14,16,18,24H,2-4,8,15,17H2,1H3. The number of hydrogen-bond acceptors (Lipinski definition) is 1. The Hall–Kier alpha value is -2.49. The molecule has 1 nitrogen and oxygen atoms in total. The number of alkyl halides is 2. The van der Waals surface area contributed by atoms with Gasteiger partial charge in [0, 0.05) is 5.41 Å². The zero-order valence-corrected chi connectivity index (χ0v) is 16.7. The van der Waals surface area contributed by atoms with Gasteiger partial charge in [-0.3, -0.25) is 0 Å². The first-order chi connectivity index (χ1) is 14.0. The van der Waals surface area contributed by atoms with Gasteiger partial charge in [0.25, 0.3) is 0 Å². The van der Waals surface area contributed by atoms with E-state index in [0.717, 1.165) is 48.8 Å². The lowest BCUT2D eigenvalue weighted by atomic mass is 9.70. The Kier molecular flexibility index (Phi) is 7.18. The van der Waals surface area contributed by atoms with E-state index in [4.69, 9.17) is 0 Å². The number of hydrogen-bond donors (Lipinski definition) is 0. The minimum absolute atomic E-state index is 0.337. The molecule has 1 atom stereocenters. The van der Waals surface area contributed by atoms with Crippen LogP contribution in [0.3, 0.4) is 0 Å². The summed E-state index contributed by atoms with van der Waals surface area (Å²) in [6.07, 6.45) is 12.5. The fourth-order valence-electron chi connectivity index (χ4n) is 3.94. The number of rotatable bonds is 9. The molecule has 4 heteroatoms. The molecule has 154 valence electrons. The molecule has 0 saturated heterocycles. The topological polar surface area (TPSA) is 9.23 Å². The molecule has 0 fully saturated rings. The highest BCUT2D eigenvalue weighted by Crippen LogP contribution is 2.41. The van der Waals surface area contributed by atoms with Gasteiger partial charge < -0.3 is 4.74 Å². The molecule has 0 radical (unpaired) electrons. The number of ether oxygens (including phenoxy) is 1. The maximum Gasteiger partial charge on any atom is 0.387 e. The van der Waals surface area contributed by atoms with Crippen LogP contribution in [0.5, 0.6) is 5.75 Å². The highest BCUT2D eigenvalue weighted by Gasteiger charge is 2.31. The van der Waals surface area contributed by atoms with E-state index in [0.29, 0.717) is 0 Å². The fourth-order valence-corrected chi connectivity index (χ4v) is 3.94. The van der Waals surface area contributed by atoms with E-state index in [1.165, 1.54) is 18.6 Å². The monoisotopic (exact) mass is 400 g/mol. The lowest BCUT2D eigenvalue weighted by Crippen LogP contribution is -2.25. The summed E-state index contributed by atoms with van der Waals surface area (Å²) in [5, 5.41) is 0. The Labute approximate surface area is 170 Å². The van der Waals surface area contributed by atoms with Crippen molar-refractivity contribution in [2.45, 2.75) is 57.5 Å². The van der Waals surface area contributed by atoms with Crippen molar-refractivity contribution >= 4 is 5.57 Å². The lowest BCUT2D eigenvalue weighted by Gasteiger charge is -2.33. The van der Waals surface area contributed by atoms with Gasteiger partial charge in [-0.25, -0.2) is 4.39 Å². The smallest absolute Gasteiger partial charge is 0.387 e. The maximum absolute atomic E-state index is 14.4. The summed E-state index contributed by atoms with van der Waals surface area (Å²) in [6.45, 7) is -0.869. The Balaban J connectivity index is 1.87. The van der Waals surface area contributed by atoms with Crippen LogP contribution >= 0.6 is 0 Å². The molecular formula is C25H27F3O. The fraction of sp³-hybridized carbons (Fsp3) is 0.360. The van der Waals surface area contributed by atoms with Gasteiger partial charge in [0.2, 0.25) is 0 Å². The third kappa shape index (κ3) is 5.31. The van der Waals surface area contributed by atoms with Crippen LogP contribution in [0.1, 0.15) is 56.6 Å². The largest absolute Gasteiger partial charge is 0.432 e. The number of benzene rings is 2. The van der Waals surface area contributed by atoms with Crippen molar-refractivity contribution < 1.29 is 17.9 Å². The van der Waals surface area contributed by atoms with Crippen molar-refractivity contribution in [2.75, 3.05) is 0 Å². The Bertz CT molecular complexity index is 858. The van der Waals surface area contributed by atoms with E-state index in [2.05, 4.69) is 42.0 Å². The summed E-state index contributed by atoms with van der Waals surface area (Å²) in [4.78, 5) is 0. The van der Waals surface area contributed by atoms with Crippen LogP contribution in [0, 0.1) is 5.82 Å². The minimum atomic E-state index is -3.04. The number of unbranched alkanes of at least 4 members (excludes halogenated alkanes) is 3. The van der Waals surface area contributed by atoms with Crippen LogP contribution in [0.25, 0.3) is 5.57 Å². The summed E-state index contributed by atoms with van der Waals surface area (Å²) in [5.41, 5.74) is 2.76. The molecule has 0 N–H and O–H groups in total. The summed E-state index contributed by atoms with van der Waals surface area (Å²) in [5.74, 6) is -1.16. The molecule has 0 bridgehead atoms. The SMILES string of the molecule is CCCCCCC1(c2ccc(OC(F)F)c(F)c2)C=CC(c2ccccc2)=CC1. The molecule has 0 aliphatic heterocycles. The molecule has 1 aliphatic rings. The molecule has 2 aromatic carbocycles. The van der Waals surface area contributed by atoms with Gasteiger partial charge in [0.15, 0.2) is 11.6 Å². The third-order valence-electron chi connectivity index (χ3n) is 5.57. The average Bonchev–Trinajstić information content (AvgIpc) is 2.73. The van der Waals surface area contributed by atoms with Crippen molar-refractivity contribution in [2.24, 2.45) is 0 Å². The van der Waals surface area contributed by atoms with E-state index in [1.54, 1.807) is 6.07 Å². The molecular weight excluding hydrogens is 373 g/mol. The van der Waals surface area contributed by atoms with Gasteiger partial charge in [-0.15, -0.1) is 0 Å². The summed E-state index contributed by atoms with van der Waals surface area (Å²) < 4.78 is 43.6. The first-order valence-corrected chi connectivity index (χ1v) is 10.2. The zero-order valence-electron chi connectivity index (χ0n) is 16.7. The second kappa shape index (κ2) is 9.82. The molecule has 0 aromatic heterocycles. The van der Waals surface area contributed by atoms with Gasteiger partial charge in [-0.1, -0.05) is 87.2 Å². The van der Waals surface area contributed by atoms with Gasteiger partial charge in [-0.2, -0.15) is 8.78 Å². The maximum atomic E-state index is 14.4. The summed E-state index contributed by atoms with van der Waals surface area (Å²) >= 11 is 0. The lowest BCUT2D eigenvalue weighted by molar-refractivity contribution is -0.0522. The molecule has 29 heavy (non-hydrogen) atoms. The van der Waals surface area contributed by atoms with Crippen molar-refractivity contribution in [3.8, 4) is 5.75 Å². The first-order valence-electron chi connectivity index (χ1n) is 10.2. The van der Waals surface area contributed by atoms with E-state index in [9.17, 15) is 13.2 Å². The van der Waals surface area contributed by atoms with Crippen molar-refractivity contribution in [1.29, 1.82) is 0 Å². The number of allylic oxidation sites excluding steroid dienone is 4. The highest BCUT2D eigenvalue weighted by atomic mass is 19.3. The molecule has 0 saturated carbocycles. The van der Waals surface area contributed by atoms with Crippen molar-refractivity contribution in [3.63, 3.8) is 0 Å². The summed E-state index contributed by atoms with van der Waals surface area (Å²) in [6, 6.07) is 14.5. The molecule has 1 aliphatic carbocycles. The van der Waals surface area contributed by atoms with Crippen molar-refractivity contribution in [1.82, 2.24) is 0 Å². The second-order valence-electron chi connectivity index (χ2n) is 7.55. The van der Waals surface area contributed by atoms with Crippen LogP contribution in [-0.4, -0.2) is 6.61 Å². The van der Waals surface area contributed by atoms with Gasteiger partial charge in [0.05, 0.1) is 0 Å². The van der Waals surface area contributed by atoms with Gasteiger partial charge >= 0.3 is 6.61 Å². The van der Waals surface area contributed by atoms with E-state index >= 15 is 0 Å². The zero-order chi connectivity index (χ0) is 20.7. The Morgan fingerprint density at radius 2 is 1.83 bits per heavy atom. The van der Waals surface area contributed by atoms with Gasteiger partial charge in [0.1, 0.15) is 0 Å². The average molecular weight is 400 g/mol. The Morgan fingerprint density at radius 1 is 1.03 bits per heavy atom. The number of halogens is 3. The van der Waals surface area contributed by atoms with E-state index in [1.807, 2.05) is 18.2 Å². The third-order valence-corrected chi connectivity index (χ3v) is 5.57. The second-order valence-corrected chi connectivity index (χ2v) is 7.55. The summed E-state index contributed by atoms with van der Waals surface area (Å²) in [7, 11) is 0.